The molecule has 0 heterocycles. The first-order chi connectivity index (χ1) is 10.0. The number of hydrogen-bond acceptors (Lipinski definition) is 3. The number of nitrogens with zero attached hydrogens (tertiary/aromatic N) is 1. The first-order valence-corrected chi connectivity index (χ1v) is 6.95. The van der Waals surface area contributed by atoms with Crippen LogP contribution in [0.2, 0.25) is 5.02 Å². The number of carbonyl (C=O) groups excluding carboxylic acids is 1. The molecule has 0 aliphatic heterocycles. The summed E-state index contributed by atoms with van der Waals surface area (Å²) in [7, 11) is 3.74. The zero-order valence-electron chi connectivity index (χ0n) is 12.0. The number of halogens is 1. The Morgan fingerprint density at radius 1 is 1.14 bits per heavy atom. The quantitative estimate of drug-likeness (QED) is 0.912. The van der Waals surface area contributed by atoms with Crippen molar-refractivity contribution in [1.29, 1.82) is 0 Å². The van der Waals surface area contributed by atoms with Gasteiger partial charge < -0.3 is 16.0 Å². The SMILES string of the molecule is CN(C)c1c(Cl)cccc1NC(=O)[C@@H](N)c1ccccc1. The first kappa shape index (κ1) is 15.4. The van der Waals surface area contributed by atoms with Gasteiger partial charge in [-0.05, 0) is 17.7 Å². The Kier molecular flexibility index (Phi) is 4.83. The molecule has 1 amide bonds. The van der Waals surface area contributed by atoms with Crippen molar-refractivity contribution < 1.29 is 4.79 Å². The highest BCUT2D eigenvalue weighted by Gasteiger charge is 2.18. The summed E-state index contributed by atoms with van der Waals surface area (Å²) < 4.78 is 0. The molecular weight excluding hydrogens is 286 g/mol. The Morgan fingerprint density at radius 2 is 1.81 bits per heavy atom. The number of anilines is 2. The minimum absolute atomic E-state index is 0.272. The van der Waals surface area contributed by atoms with Crippen LogP contribution in [0, 0.1) is 0 Å². The lowest BCUT2D eigenvalue weighted by Gasteiger charge is -2.20. The van der Waals surface area contributed by atoms with Gasteiger partial charge in [0.25, 0.3) is 0 Å². The van der Waals surface area contributed by atoms with E-state index in [1.807, 2.05) is 49.3 Å². The molecule has 2 aromatic carbocycles. The van der Waals surface area contributed by atoms with Crippen LogP contribution in [0.1, 0.15) is 11.6 Å². The molecule has 0 aromatic heterocycles. The van der Waals surface area contributed by atoms with E-state index < -0.39 is 6.04 Å². The predicted octanol–water partition coefficient (Wildman–Crippen LogP) is 3.04. The van der Waals surface area contributed by atoms with Crippen molar-refractivity contribution >= 4 is 28.9 Å². The molecule has 2 aromatic rings. The van der Waals surface area contributed by atoms with Crippen LogP contribution in [0.15, 0.2) is 48.5 Å². The molecule has 3 N–H and O–H groups in total. The monoisotopic (exact) mass is 303 g/mol. The summed E-state index contributed by atoms with van der Waals surface area (Å²) >= 11 is 6.18. The molecule has 110 valence electrons. The van der Waals surface area contributed by atoms with Crippen LogP contribution in [0.5, 0.6) is 0 Å². The maximum absolute atomic E-state index is 12.3. The lowest BCUT2D eigenvalue weighted by molar-refractivity contribution is -0.117. The van der Waals surface area contributed by atoms with E-state index in [0.717, 1.165) is 11.3 Å². The van der Waals surface area contributed by atoms with Gasteiger partial charge >= 0.3 is 0 Å². The lowest BCUT2D eigenvalue weighted by atomic mass is 10.1. The zero-order valence-corrected chi connectivity index (χ0v) is 12.8. The highest BCUT2D eigenvalue weighted by molar-refractivity contribution is 6.34. The average Bonchev–Trinajstić information content (AvgIpc) is 2.47. The number of nitrogens with one attached hydrogen (secondary N) is 1. The van der Waals surface area contributed by atoms with Crippen LogP contribution < -0.4 is 16.0 Å². The number of nitrogens with two attached hydrogens (primary N) is 1. The molecule has 0 fully saturated rings. The molecule has 21 heavy (non-hydrogen) atoms. The second kappa shape index (κ2) is 6.61. The molecule has 0 radical (unpaired) electrons. The van der Waals surface area contributed by atoms with Gasteiger partial charge in [0.1, 0.15) is 6.04 Å². The molecule has 0 spiro atoms. The van der Waals surface area contributed by atoms with E-state index in [-0.39, 0.29) is 5.91 Å². The van der Waals surface area contributed by atoms with Crippen molar-refractivity contribution in [2.24, 2.45) is 5.73 Å². The van der Waals surface area contributed by atoms with Gasteiger partial charge in [-0.25, -0.2) is 0 Å². The third-order valence-electron chi connectivity index (χ3n) is 3.13. The number of hydrogen-bond donors (Lipinski definition) is 2. The van der Waals surface area contributed by atoms with E-state index in [9.17, 15) is 4.79 Å². The van der Waals surface area contributed by atoms with E-state index in [1.54, 1.807) is 18.2 Å². The summed E-state index contributed by atoms with van der Waals surface area (Å²) in [6, 6.07) is 13.9. The van der Waals surface area contributed by atoms with Crippen LogP contribution >= 0.6 is 11.6 Å². The molecule has 0 bridgehead atoms. The van der Waals surface area contributed by atoms with Crippen molar-refractivity contribution in [3.8, 4) is 0 Å². The number of para-hydroxylation sites is 1. The predicted molar refractivity (Wildman–Crippen MR) is 87.8 cm³/mol. The Bertz CT molecular complexity index is 629. The lowest BCUT2D eigenvalue weighted by Crippen LogP contribution is -2.28. The zero-order chi connectivity index (χ0) is 15.4. The summed E-state index contributed by atoms with van der Waals surface area (Å²) in [5.74, 6) is -0.272. The fourth-order valence-electron chi connectivity index (χ4n) is 2.09. The van der Waals surface area contributed by atoms with Gasteiger partial charge in [-0.3, -0.25) is 4.79 Å². The Morgan fingerprint density at radius 3 is 2.43 bits per heavy atom. The van der Waals surface area contributed by atoms with E-state index in [4.69, 9.17) is 17.3 Å². The molecule has 5 heteroatoms. The first-order valence-electron chi connectivity index (χ1n) is 6.58. The molecule has 4 nitrogen and oxygen atoms in total. The van der Waals surface area contributed by atoms with E-state index in [0.29, 0.717) is 10.7 Å². The molecule has 1 atom stereocenters. The van der Waals surface area contributed by atoms with Gasteiger partial charge in [-0.2, -0.15) is 0 Å². The van der Waals surface area contributed by atoms with E-state index >= 15 is 0 Å². The Balaban J connectivity index is 2.23. The van der Waals surface area contributed by atoms with Crippen molar-refractivity contribution in [3.63, 3.8) is 0 Å². The minimum Gasteiger partial charge on any atom is -0.375 e. The molecular formula is C16H18ClN3O. The van der Waals surface area contributed by atoms with Gasteiger partial charge in [0, 0.05) is 14.1 Å². The van der Waals surface area contributed by atoms with Crippen LogP contribution in [-0.2, 0) is 4.79 Å². The Labute approximate surface area is 129 Å². The van der Waals surface area contributed by atoms with Gasteiger partial charge in [0.2, 0.25) is 5.91 Å². The third kappa shape index (κ3) is 3.54. The number of benzene rings is 2. The van der Waals surface area contributed by atoms with Crippen LogP contribution in [-0.4, -0.2) is 20.0 Å². The minimum atomic E-state index is -0.722. The molecule has 0 saturated carbocycles. The third-order valence-corrected chi connectivity index (χ3v) is 3.44. The van der Waals surface area contributed by atoms with E-state index in [2.05, 4.69) is 5.32 Å². The van der Waals surface area contributed by atoms with Crippen molar-refractivity contribution in [2.45, 2.75) is 6.04 Å². The second-order valence-corrected chi connectivity index (χ2v) is 5.32. The van der Waals surface area contributed by atoms with Crippen molar-refractivity contribution in [3.05, 3.63) is 59.1 Å². The molecule has 0 aliphatic carbocycles. The largest absolute Gasteiger partial charge is 0.375 e. The highest BCUT2D eigenvalue weighted by Crippen LogP contribution is 2.32. The normalized spacial score (nSPS) is 11.8. The number of amides is 1. The van der Waals surface area contributed by atoms with Crippen LogP contribution in [0.3, 0.4) is 0 Å². The number of carbonyl (C=O) groups is 1. The molecule has 2 rings (SSSR count). The summed E-state index contributed by atoms with van der Waals surface area (Å²) in [5, 5.41) is 3.42. The molecule has 0 aliphatic rings. The smallest absolute Gasteiger partial charge is 0.245 e. The summed E-state index contributed by atoms with van der Waals surface area (Å²) in [4.78, 5) is 14.2. The topological polar surface area (TPSA) is 58.4 Å². The highest BCUT2D eigenvalue weighted by atomic mass is 35.5. The summed E-state index contributed by atoms with van der Waals surface area (Å²) in [6.45, 7) is 0. The van der Waals surface area contributed by atoms with Crippen molar-refractivity contribution in [2.75, 3.05) is 24.3 Å². The number of rotatable bonds is 4. The summed E-state index contributed by atoms with van der Waals surface area (Å²) in [6.07, 6.45) is 0. The van der Waals surface area contributed by atoms with Crippen LogP contribution in [0.25, 0.3) is 0 Å². The maximum Gasteiger partial charge on any atom is 0.245 e. The summed E-state index contributed by atoms with van der Waals surface area (Å²) in [5.41, 5.74) is 8.16. The van der Waals surface area contributed by atoms with Crippen molar-refractivity contribution in [1.82, 2.24) is 0 Å². The maximum atomic E-state index is 12.3. The van der Waals surface area contributed by atoms with Gasteiger partial charge in [0.15, 0.2) is 0 Å². The molecule has 0 saturated heterocycles. The molecule has 0 unspecified atom stereocenters. The van der Waals surface area contributed by atoms with Crippen LogP contribution in [0.4, 0.5) is 11.4 Å². The average molecular weight is 304 g/mol. The fourth-order valence-corrected chi connectivity index (χ4v) is 2.44. The van der Waals surface area contributed by atoms with Gasteiger partial charge in [-0.1, -0.05) is 48.0 Å². The van der Waals surface area contributed by atoms with Gasteiger partial charge in [-0.15, -0.1) is 0 Å². The standard InChI is InChI=1S/C16H18ClN3O/c1-20(2)15-12(17)9-6-10-13(15)19-16(21)14(18)11-7-4-3-5-8-11/h3-10,14H,18H2,1-2H3,(H,19,21)/t14-/m0/s1. The van der Waals surface area contributed by atoms with E-state index in [1.165, 1.54) is 0 Å². The Hall–Kier alpha value is -2.04. The fraction of sp³-hybridized carbons (Fsp3) is 0.188. The second-order valence-electron chi connectivity index (χ2n) is 4.91. The van der Waals surface area contributed by atoms with Gasteiger partial charge in [0.05, 0.1) is 16.4 Å².